The van der Waals surface area contributed by atoms with Crippen LogP contribution >= 0.6 is 0 Å². The summed E-state index contributed by atoms with van der Waals surface area (Å²) in [7, 11) is 0. The first kappa shape index (κ1) is 17.3. The molecule has 1 saturated heterocycles. The molecule has 1 N–H and O–H groups in total. The molecule has 1 fully saturated rings. The van der Waals surface area contributed by atoms with E-state index in [9.17, 15) is 9.59 Å². The number of oxazole rings is 1. The summed E-state index contributed by atoms with van der Waals surface area (Å²) >= 11 is 0. The van der Waals surface area contributed by atoms with E-state index in [-0.39, 0.29) is 24.4 Å². The predicted octanol–water partition coefficient (Wildman–Crippen LogP) is 2.37. The summed E-state index contributed by atoms with van der Waals surface area (Å²) in [6.07, 6.45) is 1.33. The van der Waals surface area contributed by atoms with E-state index in [1.165, 1.54) is 4.90 Å². The number of carbonyl (C=O) groups excluding carboxylic acids is 1. The molecule has 25 heavy (non-hydrogen) atoms. The molecule has 0 aliphatic carbocycles. The number of piperidine rings is 1. The smallest absolute Gasteiger partial charge is 0.323 e. The Morgan fingerprint density at radius 1 is 1.32 bits per heavy atom. The van der Waals surface area contributed by atoms with E-state index in [0.717, 1.165) is 11.1 Å². The summed E-state index contributed by atoms with van der Waals surface area (Å²) in [5.74, 6) is -1.21. The molecule has 1 amide bonds. The van der Waals surface area contributed by atoms with Gasteiger partial charge in [0, 0.05) is 25.0 Å². The van der Waals surface area contributed by atoms with Crippen molar-refractivity contribution in [2.75, 3.05) is 24.5 Å². The number of carboxylic acid groups (broad SMARTS) is 1. The summed E-state index contributed by atoms with van der Waals surface area (Å²) in [6, 6.07) is 8.07. The Bertz CT molecular complexity index is 730. The van der Waals surface area contributed by atoms with E-state index in [4.69, 9.17) is 9.52 Å². The fourth-order valence-corrected chi connectivity index (χ4v) is 3.21. The predicted molar refractivity (Wildman–Crippen MR) is 93.4 cm³/mol. The summed E-state index contributed by atoms with van der Waals surface area (Å²) < 4.78 is 5.78. The van der Waals surface area contributed by atoms with Crippen LogP contribution in [0.15, 0.2) is 28.7 Å². The molecule has 0 spiro atoms. The van der Waals surface area contributed by atoms with Crippen molar-refractivity contribution in [3.63, 3.8) is 0 Å². The molecular weight excluding hydrogens is 322 g/mol. The highest BCUT2D eigenvalue weighted by Gasteiger charge is 2.31. The van der Waals surface area contributed by atoms with Crippen LogP contribution in [0, 0.1) is 5.92 Å². The van der Waals surface area contributed by atoms with Crippen molar-refractivity contribution in [3.05, 3.63) is 24.3 Å². The molecule has 1 aromatic heterocycles. The van der Waals surface area contributed by atoms with Crippen LogP contribution in [-0.2, 0) is 9.59 Å². The Morgan fingerprint density at radius 3 is 2.60 bits per heavy atom. The van der Waals surface area contributed by atoms with E-state index in [1.54, 1.807) is 0 Å². The number of anilines is 1. The van der Waals surface area contributed by atoms with Crippen molar-refractivity contribution in [1.29, 1.82) is 0 Å². The molecule has 7 heteroatoms. The molecule has 2 heterocycles. The van der Waals surface area contributed by atoms with Gasteiger partial charge in [-0.25, -0.2) is 0 Å². The molecule has 0 atom stereocenters. The van der Waals surface area contributed by atoms with Gasteiger partial charge in [0.15, 0.2) is 5.58 Å². The first-order chi connectivity index (χ1) is 12.0. The quantitative estimate of drug-likeness (QED) is 0.895. The third kappa shape index (κ3) is 3.75. The van der Waals surface area contributed by atoms with Crippen molar-refractivity contribution in [2.24, 2.45) is 5.92 Å². The van der Waals surface area contributed by atoms with Crippen molar-refractivity contribution >= 4 is 29.0 Å². The van der Waals surface area contributed by atoms with E-state index in [1.807, 2.05) is 43.0 Å². The molecule has 0 bridgehead atoms. The van der Waals surface area contributed by atoms with Crippen LogP contribution in [0.1, 0.15) is 26.7 Å². The molecule has 1 aliphatic heterocycles. The lowest BCUT2D eigenvalue weighted by atomic mass is 9.95. The number of amides is 1. The molecule has 0 unspecified atom stereocenters. The van der Waals surface area contributed by atoms with Gasteiger partial charge in [0.25, 0.3) is 6.01 Å². The largest absolute Gasteiger partial charge is 0.480 e. The number of aliphatic carboxylic acids is 1. The number of fused-ring (bicyclic) bond motifs is 1. The van der Waals surface area contributed by atoms with Gasteiger partial charge in [0.05, 0.1) is 0 Å². The zero-order valence-corrected chi connectivity index (χ0v) is 14.5. The number of nitrogens with zero attached hydrogens (tertiary/aromatic N) is 3. The zero-order valence-electron chi connectivity index (χ0n) is 14.5. The average molecular weight is 345 g/mol. The zero-order chi connectivity index (χ0) is 18.0. The monoisotopic (exact) mass is 345 g/mol. The van der Waals surface area contributed by atoms with Gasteiger partial charge in [-0.05, 0) is 38.8 Å². The maximum Gasteiger partial charge on any atom is 0.323 e. The fourth-order valence-electron chi connectivity index (χ4n) is 3.21. The maximum atomic E-state index is 12.7. The number of hydrogen-bond donors (Lipinski definition) is 1. The highest BCUT2D eigenvalue weighted by molar-refractivity contribution is 5.83. The lowest BCUT2D eigenvalue weighted by molar-refractivity contribution is -0.148. The number of hydrogen-bond acceptors (Lipinski definition) is 5. The van der Waals surface area contributed by atoms with Crippen molar-refractivity contribution in [3.8, 4) is 0 Å². The molecule has 0 saturated carbocycles. The standard InChI is InChI=1S/C18H23N3O4/c1-12(2)21(11-16(22)23)17(24)13-7-9-20(10-8-13)18-19-14-5-3-4-6-15(14)25-18/h3-6,12-13H,7-11H2,1-2H3,(H,22,23). The molecule has 7 nitrogen and oxygen atoms in total. The lowest BCUT2D eigenvalue weighted by Gasteiger charge is -2.34. The highest BCUT2D eigenvalue weighted by Crippen LogP contribution is 2.27. The highest BCUT2D eigenvalue weighted by atomic mass is 16.4. The van der Waals surface area contributed by atoms with E-state index < -0.39 is 5.97 Å². The molecule has 1 aromatic carbocycles. The minimum absolute atomic E-state index is 0.0744. The Balaban J connectivity index is 1.64. The van der Waals surface area contributed by atoms with Crippen LogP contribution in [-0.4, -0.2) is 52.5 Å². The van der Waals surface area contributed by atoms with Crippen molar-refractivity contribution in [1.82, 2.24) is 9.88 Å². The fraction of sp³-hybridized carbons (Fsp3) is 0.500. The van der Waals surface area contributed by atoms with Gasteiger partial charge in [-0.1, -0.05) is 12.1 Å². The van der Waals surface area contributed by atoms with Crippen LogP contribution in [0.4, 0.5) is 6.01 Å². The van der Waals surface area contributed by atoms with Gasteiger partial charge < -0.3 is 19.3 Å². The van der Waals surface area contributed by atoms with Gasteiger partial charge in [0.2, 0.25) is 5.91 Å². The Morgan fingerprint density at radius 2 is 2.00 bits per heavy atom. The molecular formula is C18H23N3O4. The third-order valence-corrected chi connectivity index (χ3v) is 4.61. The lowest BCUT2D eigenvalue weighted by Crippen LogP contribution is -2.47. The second kappa shape index (κ2) is 7.13. The normalized spacial score (nSPS) is 15.7. The first-order valence-corrected chi connectivity index (χ1v) is 8.58. The third-order valence-electron chi connectivity index (χ3n) is 4.61. The van der Waals surface area contributed by atoms with E-state index in [0.29, 0.717) is 31.9 Å². The van der Waals surface area contributed by atoms with E-state index in [2.05, 4.69) is 4.98 Å². The second-order valence-corrected chi connectivity index (χ2v) is 6.68. The number of carboxylic acids is 1. The summed E-state index contributed by atoms with van der Waals surface area (Å²) in [5, 5.41) is 9.02. The van der Waals surface area contributed by atoms with E-state index >= 15 is 0 Å². The molecule has 2 aromatic rings. The number of rotatable bonds is 5. The van der Waals surface area contributed by atoms with Gasteiger partial charge in [-0.2, -0.15) is 4.98 Å². The Kier molecular flexibility index (Phi) is 4.92. The van der Waals surface area contributed by atoms with Gasteiger partial charge in [-0.3, -0.25) is 9.59 Å². The van der Waals surface area contributed by atoms with Crippen LogP contribution in [0.3, 0.4) is 0 Å². The number of para-hydroxylation sites is 2. The van der Waals surface area contributed by atoms with Crippen molar-refractivity contribution < 1.29 is 19.1 Å². The molecule has 3 rings (SSSR count). The van der Waals surface area contributed by atoms with Gasteiger partial charge in [-0.15, -0.1) is 0 Å². The number of benzene rings is 1. The average Bonchev–Trinajstić information content (AvgIpc) is 3.03. The Hall–Kier alpha value is -2.57. The van der Waals surface area contributed by atoms with Crippen LogP contribution < -0.4 is 4.90 Å². The second-order valence-electron chi connectivity index (χ2n) is 6.68. The maximum absolute atomic E-state index is 12.7. The van der Waals surface area contributed by atoms with Crippen LogP contribution in [0.5, 0.6) is 0 Å². The summed E-state index contributed by atoms with van der Waals surface area (Å²) in [5.41, 5.74) is 1.58. The SMILES string of the molecule is CC(C)N(CC(=O)O)C(=O)C1CCN(c2nc3ccccc3o2)CC1. The first-order valence-electron chi connectivity index (χ1n) is 8.58. The van der Waals surface area contributed by atoms with Gasteiger partial charge in [0.1, 0.15) is 12.1 Å². The molecule has 1 aliphatic rings. The van der Waals surface area contributed by atoms with Crippen LogP contribution in [0.2, 0.25) is 0 Å². The topological polar surface area (TPSA) is 86.9 Å². The number of carbonyl (C=O) groups is 2. The number of aromatic nitrogens is 1. The minimum atomic E-state index is -0.981. The van der Waals surface area contributed by atoms with Gasteiger partial charge >= 0.3 is 5.97 Å². The Labute approximate surface area is 146 Å². The van der Waals surface area contributed by atoms with Crippen LogP contribution in [0.25, 0.3) is 11.1 Å². The summed E-state index contributed by atoms with van der Waals surface area (Å²) in [4.78, 5) is 31.6. The summed E-state index contributed by atoms with van der Waals surface area (Å²) in [6.45, 7) is 4.77. The van der Waals surface area contributed by atoms with Crippen molar-refractivity contribution in [2.45, 2.75) is 32.7 Å². The molecule has 0 radical (unpaired) electrons. The molecule has 134 valence electrons. The minimum Gasteiger partial charge on any atom is -0.480 e.